The standard InChI is InChI=1S/C14H24N2S/c1-11(2)10-13(14-5-4-12(3)17-14)16-8-6-15-7-9-16/h4-5,11,13,15H,6-10H2,1-3H3/t13-/m1/s1. The molecule has 1 aromatic heterocycles. The van der Waals surface area contributed by atoms with Crippen molar-refractivity contribution in [3.63, 3.8) is 0 Å². The van der Waals surface area contributed by atoms with Crippen molar-refractivity contribution < 1.29 is 0 Å². The third kappa shape index (κ3) is 3.54. The molecule has 1 atom stereocenters. The van der Waals surface area contributed by atoms with E-state index in [1.54, 1.807) is 4.88 Å². The fourth-order valence-corrected chi connectivity index (χ4v) is 3.54. The van der Waals surface area contributed by atoms with Crippen LogP contribution in [-0.4, -0.2) is 31.1 Å². The number of piperazine rings is 1. The van der Waals surface area contributed by atoms with E-state index >= 15 is 0 Å². The summed E-state index contributed by atoms with van der Waals surface area (Å²) in [6.45, 7) is 11.5. The predicted octanol–water partition coefficient (Wildman–Crippen LogP) is 3.05. The Morgan fingerprint density at radius 3 is 2.53 bits per heavy atom. The Balaban J connectivity index is 2.11. The Kier molecular flexibility index (Phi) is 4.60. The third-order valence-corrected chi connectivity index (χ3v) is 4.48. The normalized spacial score (nSPS) is 19.8. The largest absolute Gasteiger partial charge is 0.314 e. The summed E-state index contributed by atoms with van der Waals surface area (Å²) in [7, 11) is 0. The summed E-state index contributed by atoms with van der Waals surface area (Å²) in [6.07, 6.45) is 1.28. The molecular weight excluding hydrogens is 228 g/mol. The molecule has 0 amide bonds. The molecule has 2 nitrogen and oxygen atoms in total. The molecule has 0 spiro atoms. The van der Waals surface area contributed by atoms with Gasteiger partial charge >= 0.3 is 0 Å². The molecule has 0 saturated carbocycles. The zero-order chi connectivity index (χ0) is 12.3. The highest BCUT2D eigenvalue weighted by Gasteiger charge is 2.23. The molecule has 0 unspecified atom stereocenters. The molecule has 2 heterocycles. The Morgan fingerprint density at radius 2 is 2.00 bits per heavy atom. The van der Waals surface area contributed by atoms with Gasteiger partial charge in [0.1, 0.15) is 0 Å². The van der Waals surface area contributed by atoms with E-state index in [-0.39, 0.29) is 0 Å². The smallest absolute Gasteiger partial charge is 0.0445 e. The summed E-state index contributed by atoms with van der Waals surface area (Å²) in [4.78, 5) is 5.64. The monoisotopic (exact) mass is 252 g/mol. The second-order valence-electron chi connectivity index (χ2n) is 5.38. The number of aryl methyl sites for hydroxylation is 1. The number of nitrogens with one attached hydrogen (secondary N) is 1. The average molecular weight is 252 g/mol. The predicted molar refractivity (Wildman–Crippen MR) is 75.7 cm³/mol. The Labute approximate surface area is 109 Å². The molecule has 2 rings (SSSR count). The lowest BCUT2D eigenvalue weighted by molar-refractivity contribution is 0.156. The summed E-state index contributed by atoms with van der Waals surface area (Å²) in [6, 6.07) is 5.22. The Bertz CT molecular complexity index is 340. The number of rotatable bonds is 4. The van der Waals surface area contributed by atoms with Gasteiger partial charge in [-0.2, -0.15) is 0 Å². The van der Waals surface area contributed by atoms with Gasteiger partial charge in [0.05, 0.1) is 0 Å². The summed E-state index contributed by atoms with van der Waals surface area (Å²) in [5.41, 5.74) is 0. The minimum Gasteiger partial charge on any atom is -0.314 e. The van der Waals surface area contributed by atoms with Crippen LogP contribution < -0.4 is 5.32 Å². The Morgan fingerprint density at radius 1 is 1.29 bits per heavy atom. The molecule has 1 aliphatic rings. The van der Waals surface area contributed by atoms with Gasteiger partial charge in [-0.05, 0) is 31.4 Å². The molecule has 0 bridgehead atoms. The van der Waals surface area contributed by atoms with Crippen LogP contribution in [0.15, 0.2) is 12.1 Å². The van der Waals surface area contributed by atoms with E-state index in [0.29, 0.717) is 6.04 Å². The SMILES string of the molecule is Cc1ccc([C@@H](CC(C)C)N2CCNCC2)s1. The van der Waals surface area contributed by atoms with Crippen LogP contribution in [0, 0.1) is 12.8 Å². The van der Waals surface area contributed by atoms with Gasteiger partial charge in [0, 0.05) is 42.0 Å². The molecule has 17 heavy (non-hydrogen) atoms. The minimum atomic E-state index is 0.635. The van der Waals surface area contributed by atoms with Crippen molar-refractivity contribution in [2.24, 2.45) is 5.92 Å². The molecule has 96 valence electrons. The second-order valence-corrected chi connectivity index (χ2v) is 6.70. The number of nitrogens with zero attached hydrogens (tertiary/aromatic N) is 1. The molecular formula is C14H24N2S. The molecule has 0 aromatic carbocycles. The van der Waals surface area contributed by atoms with Crippen LogP contribution in [0.1, 0.15) is 36.1 Å². The zero-order valence-electron chi connectivity index (χ0n) is 11.2. The lowest BCUT2D eigenvalue weighted by Gasteiger charge is -2.35. The topological polar surface area (TPSA) is 15.3 Å². The first-order chi connectivity index (χ1) is 8.16. The van der Waals surface area contributed by atoms with Crippen molar-refractivity contribution in [1.29, 1.82) is 0 Å². The van der Waals surface area contributed by atoms with Gasteiger partial charge in [-0.25, -0.2) is 0 Å². The van der Waals surface area contributed by atoms with Gasteiger partial charge in [0.15, 0.2) is 0 Å². The van der Waals surface area contributed by atoms with Gasteiger partial charge < -0.3 is 5.32 Å². The molecule has 1 fully saturated rings. The van der Waals surface area contributed by atoms with Gasteiger partial charge in [0.25, 0.3) is 0 Å². The molecule has 1 aliphatic heterocycles. The minimum absolute atomic E-state index is 0.635. The molecule has 1 N–H and O–H groups in total. The van der Waals surface area contributed by atoms with Gasteiger partial charge in [-0.3, -0.25) is 4.90 Å². The Hall–Kier alpha value is -0.380. The summed E-state index contributed by atoms with van der Waals surface area (Å²) in [5, 5.41) is 3.44. The number of hydrogen-bond acceptors (Lipinski definition) is 3. The van der Waals surface area contributed by atoms with Crippen molar-refractivity contribution in [2.75, 3.05) is 26.2 Å². The highest BCUT2D eigenvalue weighted by atomic mass is 32.1. The summed E-state index contributed by atoms with van der Waals surface area (Å²) < 4.78 is 0. The van der Waals surface area contributed by atoms with Crippen molar-refractivity contribution in [3.8, 4) is 0 Å². The number of thiophene rings is 1. The first-order valence-corrected chi connectivity index (χ1v) is 7.49. The second kappa shape index (κ2) is 5.98. The van der Waals surface area contributed by atoms with E-state index < -0.39 is 0 Å². The first-order valence-electron chi connectivity index (χ1n) is 6.68. The fourth-order valence-electron chi connectivity index (χ4n) is 2.52. The van der Waals surface area contributed by atoms with Crippen molar-refractivity contribution in [3.05, 3.63) is 21.9 Å². The molecule has 1 aromatic rings. The number of hydrogen-bond donors (Lipinski definition) is 1. The van der Waals surface area contributed by atoms with Gasteiger partial charge in [0.2, 0.25) is 0 Å². The van der Waals surface area contributed by atoms with E-state index in [4.69, 9.17) is 0 Å². The maximum atomic E-state index is 3.44. The fraction of sp³-hybridized carbons (Fsp3) is 0.714. The quantitative estimate of drug-likeness (QED) is 0.886. The highest BCUT2D eigenvalue weighted by molar-refractivity contribution is 7.12. The summed E-state index contributed by atoms with van der Waals surface area (Å²) >= 11 is 1.97. The molecule has 3 heteroatoms. The van der Waals surface area contributed by atoms with Crippen LogP contribution >= 0.6 is 11.3 Å². The molecule has 0 radical (unpaired) electrons. The third-order valence-electron chi connectivity index (χ3n) is 3.38. The van der Waals surface area contributed by atoms with Gasteiger partial charge in [-0.1, -0.05) is 13.8 Å². The highest BCUT2D eigenvalue weighted by Crippen LogP contribution is 2.32. The van der Waals surface area contributed by atoms with Crippen LogP contribution in [0.3, 0.4) is 0 Å². The molecule has 1 saturated heterocycles. The van der Waals surface area contributed by atoms with Crippen molar-refractivity contribution >= 4 is 11.3 Å². The van der Waals surface area contributed by atoms with E-state index in [1.165, 1.54) is 24.4 Å². The summed E-state index contributed by atoms with van der Waals surface area (Å²) in [5.74, 6) is 0.761. The van der Waals surface area contributed by atoms with Crippen molar-refractivity contribution in [2.45, 2.75) is 33.2 Å². The van der Waals surface area contributed by atoms with Crippen LogP contribution in [0.2, 0.25) is 0 Å². The zero-order valence-corrected chi connectivity index (χ0v) is 12.0. The van der Waals surface area contributed by atoms with Crippen LogP contribution in [0.4, 0.5) is 0 Å². The maximum Gasteiger partial charge on any atom is 0.0445 e. The average Bonchev–Trinajstić information content (AvgIpc) is 2.73. The maximum absolute atomic E-state index is 3.44. The van der Waals surface area contributed by atoms with E-state index in [2.05, 4.69) is 43.1 Å². The van der Waals surface area contributed by atoms with Crippen LogP contribution in [-0.2, 0) is 0 Å². The lowest BCUT2D eigenvalue weighted by atomic mass is 10.0. The van der Waals surface area contributed by atoms with E-state index in [9.17, 15) is 0 Å². The first kappa shape index (κ1) is 13.1. The lowest BCUT2D eigenvalue weighted by Crippen LogP contribution is -2.45. The van der Waals surface area contributed by atoms with E-state index in [1.807, 2.05) is 11.3 Å². The van der Waals surface area contributed by atoms with Crippen LogP contribution in [0.5, 0.6) is 0 Å². The van der Waals surface area contributed by atoms with Crippen LogP contribution in [0.25, 0.3) is 0 Å². The van der Waals surface area contributed by atoms with Gasteiger partial charge in [-0.15, -0.1) is 11.3 Å². The van der Waals surface area contributed by atoms with E-state index in [0.717, 1.165) is 19.0 Å². The molecule has 0 aliphatic carbocycles. The van der Waals surface area contributed by atoms with Crippen molar-refractivity contribution in [1.82, 2.24) is 10.2 Å².